The van der Waals surface area contributed by atoms with Crippen LogP contribution in [0.4, 0.5) is 0 Å². The van der Waals surface area contributed by atoms with Gasteiger partial charge in [0, 0.05) is 12.8 Å². The van der Waals surface area contributed by atoms with Crippen molar-refractivity contribution in [2.45, 2.75) is 31.2 Å². The lowest BCUT2D eigenvalue weighted by Gasteiger charge is -2.13. The monoisotopic (exact) mass is 275 g/mol. The van der Waals surface area contributed by atoms with Crippen LogP contribution < -0.4 is 11.1 Å². The largest absolute Gasteiger partial charge is 0.390 e. The van der Waals surface area contributed by atoms with Crippen molar-refractivity contribution in [1.82, 2.24) is 14.8 Å². The van der Waals surface area contributed by atoms with Gasteiger partial charge in [-0.05, 0) is 13.8 Å². The van der Waals surface area contributed by atoms with E-state index in [1.54, 1.807) is 7.05 Å². The predicted octanol–water partition coefficient (Wildman–Crippen LogP) is -0.653. The number of aliphatic hydroxyl groups excluding tert-OH is 1. The van der Waals surface area contributed by atoms with Gasteiger partial charge in [0.05, 0.1) is 18.8 Å². The van der Waals surface area contributed by atoms with Crippen LogP contribution in [-0.4, -0.2) is 44.4 Å². The quantitative estimate of drug-likeness (QED) is 0.529. The third-order valence-electron chi connectivity index (χ3n) is 1.97. The topological polar surface area (TPSA) is 97.2 Å². The molecule has 1 rings (SSSR count). The second kappa shape index (κ2) is 6.72. The Hall–Kier alpha value is -1.12. The Balaban J connectivity index is 2.56. The van der Waals surface area contributed by atoms with Crippen molar-refractivity contribution in [2.24, 2.45) is 7.05 Å². The van der Waals surface area contributed by atoms with Gasteiger partial charge in [-0.3, -0.25) is 19.4 Å². The summed E-state index contributed by atoms with van der Waals surface area (Å²) in [4.78, 5) is 25.7. The molecule has 1 aromatic rings. The Morgan fingerprint density at radius 3 is 2.78 bits per heavy atom. The SMILES string of the molecule is CC(C)OCC(O)CSc1nc(=O)c(=O)[nH]n1C. The normalized spacial score (nSPS) is 12.9. The second-order valence-corrected chi connectivity index (χ2v) is 5.03. The Bertz CT molecular complexity index is 497. The van der Waals surface area contributed by atoms with E-state index in [0.717, 1.165) is 0 Å². The number of aromatic amines is 1. The zero-order chi connectivity index (χ0) is 13.7. The van der Waals surface area contributed by atoms with Gasteiger partial charge >= 0.3 is 11.1 Å². The number of hydrogen-bond acceptors (Lipinski definition) is 6. The minimum absolute atomic E-state index is 0.0558. The average molecular weight is 275 g/mol. The summed E-state index contributed by atoms with van der Waals surface area (Å²) in [6.07, 6.45) is -0.596. The van der Waals surface area contributed by atoms with Crippen molar-refractivity contribution in [3.8, 4) is 0 Å². The number of H-pyrrole nitrogens is 1. The maximum Gasteiger partial charge on any atom is 0.339 e. The summed E-state index contributed by atoms with van der Waals surface area (Å²) in [5.41, 5.74) is -1.59. The molecule has 1 unspecified atom stereocenters. The number of rotatable bonds is 6. The van der Waals surface area contributed by atoms with Gasteiger partial charge in [-0.2, -0.15) is 4.98 Å². The summed E-state index contributed by atoms with van der Waals surface area (Å²) in [5.74, 6) is 0.332. The molecule has 0 spiro atoms. The number of aliphatic hydroxyl groups is 1. The first kappa shape index (κ1) is 14.9. The van der Waals surface area contributed by atoms with Crippen LogP contribution in [0, 0.1) is 0 Å². The number of hydrogen-bond donors (Lipinski definition) is 2. The van der Waals surface area contributed by atoms with E-state index < -0.39 is 17.2 Å². The highest BCUT2D eigenvalue weighted by atomic mass is 32.2. The van der Waals surface area contributed by atoms with E-state index in [9.17, 15) is 14.7 Å². The molecular weight excluding hydrogens is 258 g/mol. The summed E-state index contributed by atoms with van der Waals surface area (Å²) < 4.78 is 6.61. The number of aryl methyl sites for hydroxylation is 1. The van der Waals surface area contributed by atoms with Crippen LogP contribution >= 0.6 is 11.8 Å². The van der Waals surface area contributed by atoms with E-state index in [2.05, 4.69) is 10.1 Å². The fraction of sp³-hybridized carbons (Fsp3) is 0.700. The van der Waals surface area contributed by atoms with Crippen LogP contribution in [0.5, 0.6) is 0 Å². The summed E-state index contributed by atoms with van der Waals surface area (Å²) >= 11 is 1.18. The molecule has 7 nitrogen and oxygen atoms in total. The Morgan fingerprint density at radius 1 is 1.50 bits per heavy atom. The summed E-state index contributed by atoms with van der Waals surface area (Å²) in [6.45, 7) is 3.99. The smallest absolute Gasteiger partial charge is 0.339 e. The molecule has 0 aliphatic heterocycles. The van der Waals surface area contributed by atoms with Crippen molar-refractivity contribution in [3.05, 3.63) is 20.7 Å². The molecule has 1 aromatic heterocycles. The molecule has 0 aliphatic carbocycles. The lowest BCUT2D eigenvalue weighted by Crippen LogP contribution is -2.34. The van der Waals surface area contributed by atoms with Crippen LogP contribution in [0.1, 0.15) is 13.8 Å². The van der Waals surface area contributed by atoms with E-state index in [0.29, 0.717) is 10.9 Å². The molecule has 1 heterocycles. The van der Waals surface area contributed by atoms with Gasteiger partial charge in [-0.25, -0.2) is 0 Å². The summed E-state index contributed by atoms with van der Waals surface area (Å²) in [6, 6.07) is 0. The maximum atomic E-state index is 11.1. The van der Waals surface area contributed by atoms with Gasteiger partial charge in [0.1, 0.15) is 0 Å². The molecule has 102 valence electrons. The van der Waals surface area contributed by atoms with Crippen LogP contribution in [-0.2, 0) is 11.8 Å². The molecule has 8 heteroatoms. The zero-order valence-corrected chi connectivity index (χ0v) is 11.4. The number of aromatic nitrogens is 3. The highest BCUT2D eigenvalue weighted by molar-refractivity contribution is 7.99. The van der Waals surface area contributed by atoms with Gasteiger partial charge in [0.2, 0.25) is 0 Å². The first-order valence-corrected chi connectivity index (χ1v) is 6.48. The Labute approximate surface area is 108 Å². The number of nitrogens with one attached hydrogen (secondary N) is 1. The van der Waals surface area contributed by atoms with E-state index in [1.165, 1.54) is 16.4 Å². The van der Waals surface area contributed by atoms with E-state index in [-0.39, 0.29) is 12.7 Å². The minimum atomic E-state index is -0.830. The van der Waals surface area contributed by atoms with Crippen molar-refractivity contribution < 1.29 is 9.84 Å². The van der Waals surface area contributed by atoms with Gasteiger partial charge in [-0.1, -0.05) is 11.8 Å². The molecule has 0 saturated heterocycles. The predicted molar refractivity (Wildman–Crippen MR) is 67.9 cm³/mol. The van der Waals surface area contributed by atoms with Crippen LogP contribution in [0.15, 0.2) is 14.7 Å². The number of thioether (sulfide) groups is 1. The van der Waals surface area contributed by atoms with Gasteiger partial charge in [0.25, 0.3) is 0 Å². The van der Waals surface area contributed by atoms with Gasteiger partial charge in [-0.15, -0.1) is 0 Å². The molecule has 0 bridgehead atoms. The molecule has 18 heavy (non-hydrogen) atoms. The average Bonchev–Trinajstić information content (AvgIpc) is 2.29. The lowest BCUT2D eigenvalue weighted by atomic mass is 10.4. The van der Waals surface area contributed by atoms with Crippen LogP contribution in [0.25, 0.3) is 0 Å². The Kier molecular flexibility index (Phi) is 5.57. The fourth-order valence-electron chi connectivity index (χ4n) is 1.11. The number of nitrogens with zero attached hydrogens (tertiary/aromatic N) is 2. The van der Waals surface area contributed by atoms with Crippen LogP contribution in [0.3, 0.4) is 0 Å². The third kappa shape index (κ3) is 4.63. The summed E-state index contributed by atoms with van der Waals surface area (Å²) in [5, 5.41) is 12.3. The minimum Gasteiger partial charge on any atom is -0.390 e. The highest BCUT2D eigenvalue weighted by Crippen LogP contribution is 2.12. The number of ether oxygens (including phenoxy) is 1. The van der Waals surface area contributed by atoms with Crippen molar-refractivity contribution in [2.75, 3.05) is 12.4 Å². The zero-order valence-electron chi connectivity index (χ0n) is 10.5. The fourth-order valence-corrected chi connectivity index (χ4v) is 1.94. The highest BCUT2D eigenvalue weighted by Gasteiger charge is 2.10. The molecular formula is C10H17N3O4S. The Morgan fingerprint density at radius 2 is 2.17 bits per heavy atom. The first-order chi connectivity index (χ1) is 8.40. The standard InChI is InChI=1S/C10H17N3O4S/c1-6(2)17-4-7(14)5-18-10-11-8(15)9(16)12-13(10)3/h6-7,14H,4-5H2,1-3H3,(H,12,16). The first-order valence-electron chi connectivity index (χ1n) is 5.50. The summed E-state index contributed by atoms with van der Waals surface area (Å²) in [7, 11) is 1.58. The molecule has 0 amide bonds. The second-order valence-electron chi connectivity index (χ2n) is 4.05. The molecule has 0 fully saturated rings. The third-order valence-corrected chi connectivity index (χ3v) is 3.15. The molecule has 2 N–H and O–H groups in total. The lowest BCUT2D eigenvalue weighted by molar-refractivity contribution is 0.0152. The van der Waals surface area contributed by atoms with Gasteiger partial charge < -0.3 is 9.84 Å². The molecule has 0 radical (unpaired) electrons. The van der Waals surface area contributed by atoms with E-state index >= 15 is 0 Å². The van der Waals surface area contributed by atoms with E-state index in [1.807, 2.05) is 13.8 Å². The molecule has 1 atom stereocenters. The molecule has 0 saturated carbocycles. The van der Waals surface area contributed by atoms with Crippen molar-refractivity contribution in [3.63, 3.8) is 0 Å². The van der Waals surface area contributed by atoms with Gasteiger partial charge in [0.15, 0.2) is 5.16 Å². The van der Waals surface area contributed by atoms with Crippen molar-refractivity contribution in [1.29, 1.82) is 0 Å². The molecule has 0 aromatic carbocycles. The molecule has 0 aliphatic rings. The van der Waals surface area contributed by atoms with E-state index in [4.69, 9.17) is 4.74 Å². The van der Waals surface area contributed by atoms with Crippen molar-refractivity contribution >= 4 is 11.8 Å². The maximum absolute atomic E-state index is 11.1. The van der Waals surface area contributed by atoms with Crippen LogP contribution in [0.2, 0.25) is 0 Å².